The number of methoxy groups -OCH3 is 1. The maximum atomic E-state index is 13.7. The van der Waals surface area contributed by atoms with Crippen LogP contribution < -0.4 is 5.29 Å². The molecule has 0 atom stereocenters. The maximum absolute atomic E-state index is 13.7. The number of para-hydroxylation sites is 2. The van der Waals surface area contributed by atoms with E-state index in [1.165, 1.54) is 3.93 Å². The SMILES string of the molecule is COC[CH2][Hg][Cl].O=S(=O)([O][Hg][O]c1ccccc1)c1cc2ccccc2cc1Cc1cc2ccccc2cc1S(=O)(=O)[O][Hg][O]c1ccccc1. The summed E-state index contributed by atoms with van der Waals surface area (Å²) in [7, 11) is -1.22. The van der Waals surface area contributed by atoms with E-state index in [0.717, 1.165) is 17.4 Å². The van der Waals surface area contributed by atoms with Gasteiger partial charge in [0.15, 0.2) is 0 Å². The molecule has 0 bridgehead atoms. The summed E-state index contributed by atoms with van der Waals surface area (Å²) in [5.74, 6) is 1.11. The Hall–Kier alpha value is -1.68. The first kappa shape index (κ1) is 40.5. The number of rotatable bonds is 15. The van der Waals surface area contributed by atoms with Gasteiger partial charge in [0.2, 0.25) is 0 Å². The van der Waals surface area contributed by atoms with E-state index in [0.29, 0.717) is 33.4 Å². The molecule has 0 aliphatic heterocycles. The molecule has 0 radical (unpaired) electrons. The summed E-state index contributed by atoms with van der Waals surface area (Å²) in [6.45, 7) is 0.880. The van der Waals surface area contributed by atoms with Crippen molar-refractivity contribution in [1.29, 1.82) is 0 Å². The second kappa shape index (κ2) is 20.1. The molecule has 0 N–H and O–H groups in total. The van der Waals surface area contributed by atoms with Crippen molar-refractivity contribution >= 4 is 50.0 Å². The fourth-order valence-electron chi connectivity index (χ4n) is 5.15. The average Bonchev–Trinajstić information content (AvgIpc) is 3.14. The van der Waals surface area contributed by atoms with Gasteiger partial charge in [-0.25, -0.2) is 0 Å². The molecule has 6 aromatic carbocycles. The Labute approximate surface area is 341 Å². The van der Waals surface area contributed by atoms with E-state index in [-0.39, 0.29) is 16.2 Å². The molecule has 0 unspecified atom stereocenters. The molecule has 6 aromatic rings. The minimum atomic E-state index is -4.22. The second-order valence-electron chi connectivity index (χ2n) is 11.1. The van der Waals surface area contributed by atoms with Crippen molar-refractivity contribution in [2.45, 2.75) is 20.1 Å². The standard InChI is InChI=1S/C21H16O6S2.2C6H6O.C3H7O.ClH.3Hg/c22-28(23,24)20-12-16-7-3-1-5-14(16)9-18(20)11-19-10-15-6-2-4-8-17(15)13-21(19)29(25,26)27;2*7-6-4-2-1-3-5-6;1-3-4-2;;;;/h1-10,12-13H,11H2,(H,22,23,24)(H,25,26,27);2*1-5,7H;1,3H2,2H3;1H;;;/q;;;;;+1;2*+2/p-5. The van der Waals surface area contributed by atoms with E-state index < -0.39 is 94.6 Å². The number of hydrogen-bond donors (Lipinski definition) is 0. The van der Waals surface area contributed by atoms with Crippen LogP contribution in [0.15, 0.2) is 143 Å². The fourth-order valence-corrected chi connectivity index (χ4v) is 19.3. The quantitative estimate of drug-likeness (QED) is 0.0741. The van der Waals surface area contributed by atoms with Gasteiger partial charge in [0, 0.05) is 0 Å². The summed E-state index contributed by atoms with van der Waals surface area (Å²) in [6.07, 6.45) is -0.00161. The number of ether oxygens (including phenoxy) is 1. The third kappa shape index (κ3) is 11.9. The summed E-state index contributed by atoms with van der Waals surface area (Å²) in [5.41, 5.74) is 0.803. The zero-order valence-electron chi connectivity index (χ0n) is 27.8. The van der Waals surface area contributed by atoms with E-state index in [2.05, 4.69) is 0 Å². The molecule has 254 valence electrons. The van der Waals surface area contributed by atoms with Gasteiger partial charge in [-0.05, 0) is 0 Å². The van der Waals surface area contributed by atoms with Crippen LogP contribution in [0.25, 0.3) is 21.5 Å². The Morgan fingerprint density at radius 3 is 1.27 bits per heavy atom. The molecule has 0 aliphatic rings. The fraction of sp³-hybridized carbons (Fsp3) is 0.111. The Kier molecular flexibility index (Phi) is 16.0. The van der Waals surface area contributed by atoms with Crippen LogP contribution in [0.1, 0.15) is 11.1 Å². The molecule has 0 saturated carbocycles. The Balaban J connectivity index is 0.000000774. The number of hydrogen-bond acceptors (Lipinski definition) is 9. The van der Waals surface area contributed by atoms with Gasteiger partial charge in [-0.1, -0.05) is 0 Å². The topological polar surface area (TPSA) is 114 Å². The van der Waals surface area contributed by atoms with Crippen LogP contribution in [0.2, 0.25) is 3.93 Å². The van der Waals surface area contributed by atoms with Crippen LogP contribution in [-0.4, -0.2) is 30.6 Å². The minimum absolute atomic E-state index is 0.00161. The predicted molar refractivity (Wildman–Crippen MR) is 184 cm³/mol. The first-order valence-corrected chi connectivity index (χ1v) is 38.4. The monoisotopic (exact) mass is 1310 g/mol. The van der Waals surface area contributed by atoms with Crippen molar-refractivity contribution in [2.75, 3.05) is 13.7 Å². The van der Waals surface area contributed by atoms with Gasteiger partial charge in [-0.2, -0.15) is 0 Å². The average molecular weight is 1310 g/mol. The summed E-state index contributed by atoms with van der Waals surface area (Å²) < 4.78 is 83.0. The molecule has 0 heterocycles. The zero-order valence-corrected chi connectivity index (χ0v) is 46.7. The van der Waals surface area contributed by atoms with Crippen molar-refractivity contribution in [2.24, 2.45) is 0 Å². The van der Waals surface area contributed by atoms with Gasteiger partial charge >= 0.3 is 345 Å². The van der Waals surface area contributed by atoms with Gasteiger partial charge in [0.05, 0.1) is 0 Å². The number of halogens is 1. The molecule has 9 nitrogen and oxygen atoms in total. The van der Waals surface area contributed by atoms with Crippen LogP contribution >= 0.6 is 8.25 Å². The molecular formula is C36H31ClHg3O9S2. The first-order valence-electron chi connectivity index (χ1n) is 15.9. The van der Waals surface area contributed by atoms with Crippen molar-refractivity contribution in [1.82, 2.24) is 0 Å². The van der Waals surface area contributed by atoms with Crippen LogP contribution in [0, 0.1) is 0 Å². The van der Waals surface area contributed by atoms with E-state index in [1.807, 2.05) is 60.7 Å². The van der Waals surface area contributed by atoms with Crippen molar-refractivity contribution < 1.29 is 105 Å². The van der Waals surface area contributed by atoms with Gasteiger partial charge in [-0.15, -0.1) is 0 Å². The van der Waals surface area contributed by atoms with E-state index in [1.54, 1.807) is 79.9 Å². The third-order valence-corrected chi connectivity index (χ3v) is 27.8. The summed E-state index contributed by atoms with van der Waals surface area (Å²) >= 11 is -6.50. The third-order valence-electron chi connectivity index (χ3n) is 7.60. The molecule has 0 aliphatic carbocycles. The number of benzene rings is 6. The van der Waals surface area contributed by atoms with Crippen molar-refractivity contribution in [3.63, 3.8) is 0 Å². The zero-order chi connectivity index (χ0) is 36.1. The normalized spacial score (nSPS) is 11.1. The second-order valence-corrected chi connectivity index (χ2v) is 31.4. The van der Waals surface area contributed by atoms with E-state index in [4.69, 9.17) is 22.5 Å². The van der Waals surface area contributed by atoms with Gasteiger partial charge in [0.25, 0.3) is 0 Å². The van der Waals surface area contributed by atoms with Crippen LogP contribution in [0.4, 0.5) is 0 Å². The molecular weight excluding hydrogens is 1280 g/mol. The number of fused-ring (bicyclic) bond motifs is 2. The molecule has 15 heteroatoms. The van der Waals surface area contributed by atoms with Gasteiger partial charge in [0.1, 0.15) is 0 Å². The van der Waals surface area contributed by atoms with Crippen molar-refractivity contribution in [3.8, 4) is 11.5 Å². The van der Waals surface area contributed by atoms with Crippen molar-refractivity contribution in [3.05, 3.63) is 145 Å². The molecule has 0 saturated heterocycles. The van der Waals surface area contributed by atoms with Gasteiger partial charge < -0.3 is 0 Å². The molecule has 0 aromatic heterocycles. The van der Waals surface area contributed by atoms with Gasteiger partial charge in [-0.3, -0.25) is 0 Å². The first-order chi connectivity index (χ1) is 24.7. The van der Waals surface area contributed by atoms with Crippen LogP contribution in [0.3, 0.4) is 0 Å². The molecule has 0 amide bonds. The summed E-state index contributed by atoms with van der Waals surface area (Å²) in [4.78, 5) is -0.0506. The van der Waals surface area contributed by atoms with Crippen LogP contribution in [-0.2, 0) is 110 Å². The molecule has 0 spiro atoms. The summed E-state index contributed by atoms with van der Waals surface area (Å²) in [6, 6.07) is 39.4. The Morgan fingerprint density at radius 2 is 0.922 bits per heavy atom. The molecule has 51 heavy (non-hydrogen) atoms. The predicted octanol–water partition coefficient (Wildman–Crippen LogP) is 8.26. The Morgan fingerprint density at radius 1 is 0.549 bits per heavy atom. The molecule has 0 fully saturated rings. The van der Waals surface area contributed by atoms with E-state index in [9.17, 15) is 16.8 Å². The van der Waals surface area contributed by atoms with Crippen LogP contribution in [0.5, 0.6) is 11.5 Å². The molecule has 6 rings (SSSR count). The summed E-state index contributed by atoms with van der Waals surface area (Å²) in [5, 5.41) is 3.05. The Bertz CT molecular complexity index is 2100. The van der Waals surface area contributed by atoms with E-state index >= 15 is 0 Å².